The second kappa shape index (κ2) is 8.00. The lowest BCUT2D eigenvalue weighted by molar-refractivity contribution is -0.145. The second-order valence-electron chi connectivity index (χ2n) is 7.98. The molecule has 0 bridgehead atoms. The summed E-state index contributed by atoms with van der Waals surface area (Å²) in [6, 6.07) is 0. The van der Waals surface area contributed by atoms with Crippen molar-refractivity contribution in [2.75, 3.05) is 13.2 Å². The molecule has 2 aromatic rings. The minimum atomic E-state index is -0.160. The molecule has 158 valence electrons. The molecule has 2 atom stereocenters. The quantitative estimate of drug-likeness (QED) is 0.665. The van der Waals surface area contributed by atoms with Gasteiger partial charge in [0.05, 0.1) is 29.5 Å². The van der Waals surface area contributed by atoms with Gasteiger partial charge in [-0.25, -0.2) is 0 Å². The number of rotatable bonds is 7. The van der Waals surface area contributed by atoms with Crippen molar-refractivity contribution in [3.8, 4) is 0 Å². The van der Waals surface area contributed by atoms with Crippen LogP contribution in [0, 0.1) is 39.5 Å². The summed E-state index contributed by atoms with van der Waals surface area (Å²) in [4.78, 5) is 27.4. The molecule has 0 N–H and O–H groups in total. The summed E-state index contributed by atoms with van der Waals surface area (Å²) in [5.41, 5.74) is 5.21. The second-order valence-corrected chi connectivity index (χ2v) is 7.98. The van der Waals surface area contributed by atoms with E-state index < -0.39 is 0 Å². The summed E-state index contributed by atoms with van der Waals surface area (Å²) >= 11 is 0. The minimum Gasteiger partial charge on any atom is -0.466 e. The van der Waals surface area contributed by atoms with Gasteiger partial charge in [-0.05, 0) is 47.0 Å². The predicted octanol–water partition coefficient (Wildman–Crippen LogP) is 2.23. The van der Waals surface area contributed by atoms with Crippen LogP contribution in [-0.4, -0.2) is 49.5 Å². The van der Waals surface area contributed by atoms with Gasteiger partial charge in [0.15, 0.2) is 0 Å². The average Bonchev–Trinajstić information content (AvgIpc) is 3.32. The molecule has 0 aromatic carbocycles. The number of nitrogens with zero attached hydrogens (tertiary/aromatic N) is 5. The van der Waals surface area contributed by atoms with Crippen molar-refractivity contribution in [2.45, 2.75) is 47.6 Å². The molecule has 1 aliphatic carbocycles. The Hall–Kier alpha value is -2.64. The smallest absolute Gasteiger partial charge is 0.309 e. The fourth-order valence-electron chi connectivity index (χ4n) is 3.97. The molecule has 1 fully saturated rings. The molecule has 8 heteroatoms. The van der Waals surface area contributed by atoms with Crippen molar-refractivity contribution in [1.29, 1.82) is 0 Å². The highest BCUT2D eigenvalue weighted by Gasteiger charge is 2.45. The maximum Gasteiger partial charge on any atom is 0.309 e. The van der Waals surface area contributed by atoms with Crippen molar-refractivity contribution in [1.82, 2.24) is 24.5 Å². The van der Waals surface area contributed by atoms with Gasteiger partial charge in [-0.15, -0.1) is 0 Å². The molecule has 2 heterocycles. The maximum atomic E-state index is 13.5. The standard InChI is InChI=1S/C21H31N5O3/c1-8-29-21(28)17-9-16(17)10-26(11-18-12(2)22-24(6)14(18)4)20(27)19-13(3)23-25(7)15(19)5/h16-17H,8-11H2,1-7H3/t16-,17-/m0/s1. The van der Waals surface area contributed by atoms with E-state index in [2.05, 4.69) is 10.2 Å². The number of amides is 1. The van der Waals surface area contributed by atoms with E-state index in [1.165, 1.54) is 0 Å². The molecule has 0 spiro atoms. The zero-order valence-corrected chi connectivity index (χ0v) is 18.4. The summed E-state index contributed by atoms with van der Waals surface area (Å²) in [6.45, 7) is 10.9. The summed E-state index contributed by atoms with van der Waals surface area (Å²) in [5, 5.41) is 8.89. The third-order valence-electron chi connectivity index (χ3n) is 5.98. The zero-order valence-electron chi connectivity index (χ0n) is 18.4. The van der Waals surface area contributed by atoms with E-state index in [9.17, 15) is 9.59 Å². The summed E-state index contributed by atoms with van der Waals surface area (Å²) in [6.07, 6.45) is 0.763. The highest BCUT2D eigenvalue weighted by Crippen LogP contribution is 2.40. The maximum absolute atomic E-state index is 13.5. The van der Waals surface area contributed by atoms with Crippen LogP contribution in [0.1, 0.15) is 52.0 Å². The van der Waals surface area contributed by atoms with E-state index in [1.54, 1.807) is 4.68 Å². The van der Waals surface area contributed by atoms with Crippen molar-refractivity contribution >= 4 is 11.9 Å². The first kappa shape index (κ1) is 21.1. The first-order chi connectivity index (χ1) is 13.6. The molecule has 1 amide bonds. The van der Waals surface area contributed by atoms with Gasteiger partial charge in [0.1, 0.15) is 0 Å². The SMILES string of the molecule is CCOC(=O)[C@H]1C[C@H]1CN(Cc1c(C)nn(C)c1C)C(=O)c1c(C)nn(C)c1C. The lowest BCUT2D eigenvalue weighted by atomic mass is 10.1. The van der Waals surface area contributed by atoms with E-state index in [4.69, 9.17) is 4.74 Å². The highest BCUT2D eigenvalue weighted by atomic mass is 16.5. The molecule has 0 unspecified atom stereocenters. The Bertz CT molecular complexity index is 943. The van der Waals surface area contributed by atoms with Crippen LogP contribution >= 0.6 is 0 Å². The van der Waals surface area contributed by atoms with Crippen LogP contribution in [-0.2, 0) is 30.2 Å². The Kier molecular flexibility index (Phi) is 5.82. The first-order valence-corrected chi connectivity index (χ1v) is 10.1. The average molecular weight is 402 g/mol. The van der Waals surface area contributed by atoms with Crippen molar-refractivity contribution < 1.29 is 14.3 Å². The number of esters is 1. The normalized spacial score (nSPS) is 18.0. The Labute approximate surface area is 171 Å². The Morgan fingerprint density at radius 2 is 1.69 bits per heavy atom. The highest BCUT2D eigenvalue weighted by molar-refractivity contribution is 5.96. The van der Waals surface area contributed by atoms with E-state index in [-0.39, 0.29) is 23.7 Å². The monoisotopic (exact) mass is 401 g/mol. The molecule has 1 aliphatic rings. The molecule has 0 aliphatic heterocycles. The molecule has 0 radical (unpaired) electrons. The van der Waals surface area contributed by atoms with Crippen LogP contribution in [0.15, 0.2) is 0 Å². The van der Waals surface area contributed by atoms with Crippen LogP contribution in [0.25, 0.3) is 0 Å². The van der Waals surface area contributed by atoms with Crippen molar-refractivity contribution in [3.05, 3.63) is 33.9 Å². The Morgan fingerprint density at radius 3 is 2.21 bits per heavy atom. The Balaban J connectivity index is 1.87. The van der Waals surface area contributed by atoms with Gasteiger partial charge in [0.25, 0.3) is 5.91 Å². The number of carbonyl (C=O) groups is 2. The minimum absolute atomic E-state index is 0.0507. The molecule has 29 heavy (non-hydrogen) atoms. The van der Waals surface area contributed by atoms with Crippen molar-refractivity contribution in [3.63, 3.8) is 0 Å². The van der Waals surface area contributed by atoms with Crippen LogP contribution < -0.4 is 0 Å². The fraction of sp³-hybridized carbons (Fsp3) is 0.619. The molecule has 8 nitrogen and oxygen atoms in total. The third-order valence-corrected chi connectivity index (χ3v) is 5.98. The molecule has 1 saturated carbocycles. The predicted molar refractivity (Wildman–Crippen MR) is 108 cm³/mol. The topological polar surface area (TPSA) is 82.2 Å². The molecular formula is C21H31N5O3. The van der Waals surface area contributed by atoms with Crippen LogP contribution in [0.3, 0.4) is 0 Å². The van der Waals surface area contributed by atoms with Gasteiger partial charge < -0.3 is 9.64 Å². The number of hydrogen-bond donors (Lipinski definition) is 0. The van der Waals surface area contributed by atoms with Crippen LogP contribution in [0.2, 0.25) is 0 Å². The first-order valence-electron chi connectivity index (χ1n) is 10.1. The van der Waals surface area contributed by atoms with Gasteiger partial charge in [-0.3, -0.25) is 19.0 Å². The molecular weight excluding hydrogens is 370 g/mol. The molecule has 0 saturated heterocycles. The lowest BCUT2D eigenvalue weighted by Crippen LogP contribution is -2.34. The molecule has 2 aromatic heterocycles. The number of carbonyl (C=O) groups excluding carboxylic acids is 2. The number of aryl methyl sites for hydroxylation is 4. The van der Waals surface area contributed by atoms with E-state index >= 15 is 0 Å². The number of hydrogen-bond acceptors (Lipinski definition) is 5. The van der Waals surface area contributed by atoms with E-state index in [0.29, 0.717) is 25.3 Å². The van der Waals surface area contributed by atoms with Crippen molar-refractivity contribution in [2.24, 2.45) is 25.9 Å². The lowest BCUT2D eigenvalue weighted by Gasteiger charge is -2.23. The molecule has 3 rings (SSSR count). The zero-order chi connectivity index (χ0) is 21.5. The van der Waals surface area contributed by atoms with E-state index in [0.717, 1.165) is 34.8 Å². The Morgan fingerprint density at radius 1 is 1.07 bits per heavy atom. The van der Waals surface area contributed by atoms with Gasteiger partial charge in [0.2, 0.25) is 0 Å². The van der Waals surface area contributed by atoms with Gasteiger partial charge in [0, 0.05) is 44.1 Å². The fourth-order valence-corrected chi connectivity index (χ4v) is 3.97. The third kappa shape index (κ3) is 4.06. The van der Waals surface area contributed by atoms with Crippen LogP contribution in [0.5, 0.6) is 0 Å². The number of ether oxygens (including phenoxy) is 1. The number of aromatic nitrogens is 4. The van der Waals surface area contributed by atoms with E-state index in [1.807, 2.05) is 58.3 Å². The van der Waals surface area contributed by atoms with Gasteiger partial charge in [-0.2, -0.15) is 10.2 Å². The van der Waals surface area contributed by atoms with Gasteiger partial charge in [-0.1, -0.05) is 0 Å². The largest absolute Gasteiger partial charge is 0.466 e. The van der Waals surface area contributed by atoms with Gasteiger partial charge >= 0.3 is 5.97 Å². The summed E-state index contributed by atoms with van der Waals surface area (Å²) < 4.78 is 8.73. The summed E-state index contributed by atoms with van der Waals surface area (Å²) in [5.74, 6) is -0.192. The summed E-state index contributed by atoms with van der Waals surface area (Å²) in [7, 11) is 3.75. The van der Waals surface area contributed by atoms with Crippen LogP contribution in [0.4, 0.5) is 0 Å².